The highest BCUT2D eigenvalue weighted by Gasteiger charge is 2.26. The zero-order chi connectivity index (χ0) is 15.9. The first-order chi connectivity index (χ1) is 10.6. The normalized spacial score (nSPS) is 12.0. The molecule has 0 bridgehead atoms. The number of benzene rings is 1. The summed E-state index contributed by atoms with van der Waals surface area (Å²) in [7, 11) is 3.36. The quantitative estimate of drug-likeness (QED) is 0.890. The molecular weight excluding hydrogens is 298 g/mol. The van der Waals surface area contributed by atoms with Gasteiger partial charge in [0, 0.05) is 18.5 Å². The molecule has 116 valence electrons. The van der Waals surface area contributed by atoms with Gasteiger partial charge in [-0.25, -0.2) is 4.79 Å². The number of thiophene rings is 1. The summed E-state index contributed by atoms with van der Waals surface area (Å²) in [6.45, 7) is 0.637. The van der Waals surface area contributed by atoms with Crippen molar-refractivity contribution in [3.05, 3.63) is 58.3 Å². The van der Waals surface area contributed by atoms with E-state index >= 15 is 0 Å². The number of nitrogens with zero attached hydrogens (tertiary/aromatic N) is 1. The Morgan fingerprint density at radius 1 is 1.18 bits per heavy atom. The van der Waals surface area contributed by atoms with Gasteiger partial charge < -0.3 is 5.32 Å². The second-order valence-electron chi connectivity index (χ2n) is 4.88. The molecule has 0 aliphatic rings. The maximum Gasteiger partial charge on any atom is 0.321 e. The lowest BCUT2D eigenvalue weighted by molar-refractivity contribution is -0.125. The maximum absolute atomic E-state index is 12.5. The lowest BCUT2D eigenvalue weighted by Crippen LogP contribution is -2.44. The third kappa shape index (κ3) is 4.16. The number of carbonyl (C=O) groups is 2. The lowest BCUT2D eigenvalue weighted by atomic mass is 10.0. The summed E-state index contributed by atoms with van der Waals surface area (Å²) in [5, 5.41) is 6.77. The van der Waals surface area contributed by atoms with E-state index in [2.05, 4.69) is 10.6 Å². The summed E-state index contributed by atoms with van der Waals surface area (Å²) < 4.78 is 0. The number of likely N-dealkylation sites (N-methyl/N-ethyl adjacent to an activating group) is 1. The van der Waals surface area contributed by atoms with Gasteiger partial charge in [0.1, 0.15) is 6.04 Å². The van der Waals surface area contributed by atoms with E-state index in [1.54, 1.807) is 11.3 Å². The van der Waals surface area contributed by atoms with E-state index in [-0.39, 0.29) is 5.91 Å². The maximum atomic E-state index is 12.5. The van der Waals surface area contributed by atoms with Gasteiger partial charge >= 0.3 is 6.03 Å². The fraction of sp³-hybridized carbons (Fsp3) is 0.250. The molecule has 2 N–H and O–H groups in total. The Hall–Kier alpha value is -2.18. The molecule has 1 atom stereocenters. The molecule has 2 rings (SSSR count). The number of rotatable bonds is 5. The van der Waals surface area contributed by atoms with Crippen LogP contribution >= 0.6 is 11.3 Å². The van der Waals surface area contributed by atoms with Crippen molar-refractivity contribution in [3.63, 3.8) is 0 Å². The third-order valence-corrected chi connectivity index (χ3v) is 4.11. The fourth-order valence-corrected chi connectivity index (χ4v) is 2.99. The van der Waals surface area contributed by atoms with Gasteiger partial charge in [0.2, 0.25) is 5.91 Å². The van der Waals surface area contributed by atoms with Crippen LogP contribution in [0.1, 0.15) is 16.5 Å². The molecule has 2 aromatic rings. The Kier molecular flexibility index (Phi) is 5.68. The van der Waals surface area contributed by atoms with Gasteiger partial charge in [0.25, 0.3) is 0 Å². The molecule has 0 unspecified atom stereocenters. The van der Waals surface area contributed by atoms with Crippen LogP contribution in [0, 0.1) is 0 Å². The molecule has 1 heterocycles. The predicted molar refractivity (Wildman–Crippen MR) is 87.6 cm³/mol. The molecule has 0 spiro atoms. The van der Waals surface area contributed by atoms with Gasteiger partial charge in [-0.2, -0.15) is 0 Å². The number of hydrogen-bond acceptors (Lipinski definition) is 4. The Morgan fingerprint density at radius 2 is 1.91 bits per heavy atom. The van der Waals surface area contributed by atoms with Crippen LogP contribution in [0.15, 0.2) is 47.8 Å². The fourth-order valence-electron chi connectivity index (χ4n) is 2.22. The van der Waals surface area contributed by atoms with Gasteiger partial charge in [0.05, 0.1) is 0 Å². The van der Waals surface area contributed by atoms with E-state index in [0.29, 0.717) is 6.54 Å². The van der Waals surface area contributed by atoms with Gasteiger partial charge in [-0.05, 0) is 24.1 Å². The van der Waals surface area contributed by atoms with Crippen LogP contribution in [0.25, 0.3) is 0 Å². The van der Waals surface area contributed by atoms with Crippen molar-refractivity contribution in [1.82, 2.24) is 15.5 Å². The standard InChI is InChI=1S/C16H19N3O2S/c1-17-16(21)18-15(20)14(12-7-4-3-5-8-12)19(2)11-13-9-6-10-22-13/h3-10,14H,11H2,1-2H3,(H2,17,18,20,21)/t14-/m0/s1. The Bertz CT molecular complexity index is 614. The van der Waals surface area contributed by atoms with Crippen LogP contribution in [0.3, 0.4) is 0 Å². The summed E-state index contributed by atoms with van der Waals surface area (Å²) in [4.78, 5) is 27.0. The Morgan fingerprint density at radius 3 is 2.50 bits per heavy atom. The molecule has 3 amide bonds. The third-order valence-electron chi connectivity index (χ3n) is 3.25. The van der Waals surface area contributed by atoms with E-state index in [1.165, 1.54) is 7.05 Å². The number of hydrogen-bond donors (Lipinski definition) is 2. The van der Waals surface area contributed by atoms with E-state index in [4.69, 9.17) is 0 Å². The van der Waals surface area contributed by atoms with E-state index < -0.39 is 12.1 Å². The molecule has 1 aromatic heterocycles. The smallest absolute Gasteiger partial charge is 0.321 e. The molecular formula is C16H19N3O2S. The average Bonchev–Trinajstić information content (AvgIpc) is 3.01. The number of urea groups is 1. The molecule has 22 heavy (non-hydrogen) atoms. The van der Waals surface area contributed by atoms with Crippen LogP contribution in [0.5, 0.6) is 0 Å². The van der Waals surface area contributed by atoms with E-state index in [0.717, 1.165) is 10.4 Å². The molecule has 6 heteroatoms. The average molecular weight is 317 g/mol. The van der Waals surface area contributed by atoms with Crippen molar-refractivity contribution in [2.45, 2.75) is 12.6 Å². The van der Waals surface area contributed by atoms with Crippen molar-refractivity contribution in [2.24, 2.45) is 0 Å². The van der Waals surface area contributed by atoms with Crippen LogP contribution in [-0.4, -0.2) is 30.9 Å². The van der Waals surface area contributed by atoms with Crippen LogP contribution in [0.4, 0.5) is 4.79 Å². The number of carbonyl (C=O) groups excluding carboxylic acids is 2. The Labute approximate surface area is 134 Å². The topological polar surface area (TPSA) is 61.4 Å². The number of amides is 3. The molecule has 0 saturated carbocycles. The molecule has 0 saturated heterocycles. The molecule has 0 fully saturated rings. The van der Waals surface area contributed by atoms with Crippen molar-refractivity contribution >= 4 is 23.3 Å². The lowest BCUT2D eigenvalue weighted by Gasteiger charge is -2.26. The summed E-state index contributed by atoms with van der Waals surface area (Å²) in [5.41, 5.74) is 0.850. The van der Waals surface area contributed by atoms with Gasteiger partial charge in [-0.15, -0.1) is 11.3 Å². The first kappa shape index (κ1) is 16.2. The molecule has 0 radical (unpaired) electrons. The summed E-state index contributed by atoms with van der Waals surface area (Å²) >= 11 is 1.64. The van der Waals surface area contributed by atoms with E-state index in [1.807, 2.05) is 59.8 Å². The molecule has 0 aliphatic carbocycles. The number of imide groups is 1. The van der Waals surface area contributed by atoms with Gasteiger partial charge in [0.15, 0.2) is 0 Å². The highest BCUT2D eigenvalue weighted by atomic mass is 32.1. The van der Waals surface area contributed by atoms with Crippen molar-refractivity contribution < 1.29 is 9.59 Å². The second-order valence-corrected chi connectivity index (χ2v) is 5.91. The second kappa shape index (κ2) is 7.72. The highest BCUT2D eigenvalue weighted by Crippen LogP contribution is 2.23. The van der Waals surface area contributed by atoms with Crippen LogP contribution < -0.4 is 10.6 Å². The largest absolute Gasteiger partial charge is 0.341 e. The molecule has 1 aromatic carbocycles. The Balaban J connectivity index is 2.21. The monoisotopic (exact) mass is 317 g/mol. The van der Waals surface area contributed by atoms with Crippen molar-refractivity contribution in [3.8, 4) is 0 Å². The van der Waals surface area contributed by atoms with Gasteiger partial charge in [-0.3, -0.25) is 15.0 Å². The van der Waals surface area contributed by atoms with E-state index in [9.17, 15) is 9.59 Å². The van der Waals surface area contributed by atoms with Gasteiger partial charge in [-0.1, -0.05) is 36.4 Å². The first-order valence-electron chi connectivity index (χ1n) is 6.92. The molecule has 0 aliphatic heterocycles. The minimum Gasteiger partial charge on any atom is -0.341 e. The van der Waals surface area contributed by atoms with Crippen LogP contribution in [0.2, 0.25) is 0 Å². The zero-order valence-electron chi connectivity index (χ0n) is 12.6. The summed E-state index contributed by atoms with van der Waals surface area (Å²) in [5.74, 6) is -0.343. The van der Waals surface area contributed by atoms with Crippen molar-refractivity contribution in [2.75, 3.05) is 14.1 Å². The molecule has 5 nitrogen and oxygen atoms in total. The number of nitrogens with one attached hydrogen (secondary N) is 2. The first-order valence-corrected chi connectivity index (χ1v) is 7.80. The van der Waals surface area contributed by atoms with Crippen molar-refractivity contribution in [1.29, 1.82) is 0 Å². The SMILES string of the molecule is CNC(=O)NC(=O)[C@H](c1ccccc1)N(C)Cc1cccs1. The summed E-state index contributed by atoms with van der Waals surface area (Å²) in [6, 6.07) is 12.4. The minimum atomic E-state index is -0.527. The summed E-state index contributed by atoms with van der Waals surface area (Å²) in [6.07, 6.45) is 0. The highest BCUT2D eigenvalue weighted by molar-refractivity contribution is 7.09. The van der Waals surface area contributed by atoms with Crippen LogP contribution in [-0.2, 0) is 11.3 Å². The minimum absolute atomic E-state index is 0.343. The zero-order valence-corrected chi connectivity index (χ0v) is 13.4. The predicted octanol–water partition coefficient (Wildman–Crippen LogP) is 2.38.